The van der Waals surface area contributed by atoms with Crippen molar-refractivity contribution in [3.05, 3.63) is 101 Å². The molecular weight excluding hydrogens is 341 g/mol. The van der Waals surface area contributed by atoms with Crippen molar-refractivity contribution in [3.8, 4) is 5.75 Å². The third-order valence-electron chi connectivity index (χ3n) is 4.19. The van der Waals surface area contributed by atoms with Gasteiger partial charge in [-0.1, -0.05) is 48.5 Å². The van der Waals surface area contributed by atoms with Crippen molar-refractivity contribution in [2.45, 2.75) is 19.4 Å². The van der Waals surface area contributed by atoms with Gasteiger partial charge in [-0.25, -0.2) is 4.39 Å². The number of carbonyl (C=O) groups excluding carboxylic acids is 1. The summed E-state index contributed by atoms with van der Waals surface area (Å²) in [6.45, 7) is 1.02. The Kier molecular flexibility index (Phi) is 6.58. The predicted octanol–water partition coefficient (Wildman–Crippen LogP) is 4.77. The zero-order valence-corrected chi connectivity index (χ0v) is 15.0. The highest BCUT2D eigenvalue weighted by Crippen LogP contribution is 2.15. The Labute approximate surface area is 158 Å². The van der Waals surface area contributed by atoms with Gasteiger partial charge in [0, 0.05) is 12.1 Å². The molecule has 3 aromatic carbocycles. The van der Waals surface area contributed by atoms with Crippen LogP contribution in [0.25, 0.3) is 0 Å². The molecular formula is C23H22FNO2. The highest BCUT2D eigenvalue weighted by atomic mass is 19.1. The van der Waals surface area contributed by atoms with Gasteiger partial charge in [0.2, 0.25) is 0 Å². The Bertz CT molecular complexity index is 863. The van der Waals surface area contributed by atoms with Gasteiger partial charge in [-0.05, 0) is 54.3 Å². The lowest BCUT2D eigenvalue weighted by molar-refractivity contribution is 0.0952. The second kappa shape index (κ2) is 9.53. The molecule has 3 rings (SSSR count). The van der Waals surface area contributed by atoms with E-state index < -0.39 is 0 Å². The number of rotatable bonds is 8. The summed E-state index contributed by atoms with van der Waals surface area (Å²) in [6.07, 6.45) is 1.59. The minimum atomic E-state index is -0.235. The van der Waals surface area contributed by atoms with Gasteiger partial charge in [0.1, 0.15) is 18.2 Å². The van der Waals surface area contributed by atoms with Crippen LogP contribution in [-0.2, 0) is 13.0 Å². The second-order valence-corrected chi connectivity index (χ2v) is 6.29. The summed E-state index contributed by atoms with van der Waals surface area (Å²) in [5.41, 5.74) is 2.71. The molecule has 0 fully saturated rings. The standard InChI is InChI=1S/C23H22FNO2/c24-21-13-11-18(12-14-21)8-5-15-25-23(26)20-9-4-10-22(16-20)27-17-19-6-2-1-3-7-19/h1-4,6-7,9-14,16H,5,8,15,17H2,(H,25,26). The van der Waals surface area contributed by atoms with E-state index in [1.807, 2.05) is 42.5 Å². The third kappa shape index (κ3) is 5.96. The number of amides is 1. The van der Waals surface area contributed by atoms with Gasteiger partial charge < -0.3 is 10.1 Å². The fraction of sp³-hybridized carbons (Fsp3) is 0.174. The van der Waals surface area contributed by atoms with E-state index in [-0.39, 0.29) is 11.7 Å². The number of ether oxygens (including phenoxy) is 1. The van der Waals surface area contributed by atoms with Crippen LogP contribution in [0.5, 0.6) is 5.75 Å². The summed E-state index contributed by atoms with van der Waals surface area (Å²) in [6, 6.07) is 23.5. The maximum atomic E-state index is 12.9. The van der Waals surface area contributed by atoms with Crippen molar-refractivity contribution in [2.75, 3.05) is 6.54 Å². The molecule has 0 saturated carbocycles. The van der Waals surface area contributed by atoms with Gasteiger partial charge in [-0.2, -0.15) is 0 Å². The van der Waals surface area contributed by atoms with Crippen LogP contribution in [0.15, 0.2) is 78.9 Å². The van der Waals surface area contributed by atoms with Gasteiger partial charge in [-0.15, -0.1) is 0 Å². The molecule has 27 heavy (non-hydrogen) atoms. The summed E-state index contributed by atoms with van der Waals surface area (Å²) in [4.78, 5) is 12.3. The monoisotopic (exact) mass is 363 g/mol. The van der Waals surface area contributed by atoms with Crippen molar-refractivity contribution in [1.29, 1.82) is 0 Å². The van der Waals surface area contributed by atoms with Gasteiger partial charge in [-0.3, -0.25) is 4.79 Å². The zero-order chi connectivity index (χ0) is 18.9. The smallest absolute Gasteiger partial charge is 0.251 e. The lowest BCUT2D eigenvalue weighted by Crippen LogP contribution is -2.24. The van der Waals surface area contributed by atoms with Gasteiger partial charge in [0.05, 0.1) is 0 Å². The summed E-state index contributed by atoms with van der Waals surface area (Å²) in [7, 11) is 0. The van der Waals surface area contributed by atoms with Crippen LogP contribution < -0.4 is 10.1 Å². The fourth-order valence-corrected chi connectivity index (χ4v) is 2.72. The first kappa shape index (κ1) is 18.6. The molecule has 1 amide bonds. The maximum absolute atomic E-state index is 12.9. The molecule has 0 atom stereocenters. The highest BCUT2D eigenvalue weighted by Gasteiger charge is 2.06. The second-order valence-electron chi connectivity index (χ2n) is 6.29. The number of aryl methyl sites for hydroxylation is 1. The van der Waals surface area contributed by atoms with Crippen LogP contribution >= 0.6 is 0 Å². The zero-order valence-electron chi connectivity index (χ0n) is 15.0. The molecule has 138 valence electrons. The molecule has 0 aromatic heterocycles. The number of benzene rings is 3. The Morgan fingerprint density at radius 2 is 1.67 bits per heavy atom. The number of nitrogens with one attached hydrogen (secondary N) is 1. The summed E-state index contributed by atoms with van der Waals surface area (Å²) in [5.74, 6) is 0.304. The molecule has 0 unspecified atom stereocenters. The van der Waals surface area contributed by atoms with Crippen molar-refractivity contribution >= 4 is 5.91 Å². The van der Waals surface area contributed by atoms with Crippen LogP contribution in [0.4, 0.5) is 4.39 Å². The van der Waals surface area contributed by atoms with Crippen molar-refractivity contribution < 1.29 is 13.9 Å². The lowest BCUT2D eigenvalue weighted by atomic mass is 10.1. The van der Waals surface area contributed by atoms with E-state index in [2.05, 4.69) is 5.32 Å². The first-order valence-electron chi connectivity index (χ1n) is 9.00. The molecule has 0 aliphatic heterocycles. The first-order valence-corrected chi connectivity index (χ1v) is 9.00. The number of halogens is 1. The Hall–Kier alpha value is -3.14. The molecule has 3 aromatic rings. The third-order valence-corrected chi connectivity index (χ3v) is 4.19. The number of hydrogen-bond donors (Lipinski definition) is 1. The van der Waals surface area contributed by atoms with Crippen LogP contribution in [0.3, 0.4) is 0 Å². The SMILES string of the molecule is O=C(NCCCc1ccc(F)cc1)c1cccc(OCc2ccccc2)c1. The van der Waals surface area contributed by atoms with Gasteiger partial charge >= 0.3 is 0 Å². The molecule has 0 radical (unpaired) electrons. The van der Waals surface area contributed by atoms with E-state index in [4.69, 9.17) is 4.74 Å². The Balaban J connectivity index is 1.46. The van der Waals surface area contributed by atoms with Gasteiger partial charge in [0.25, 0.3) is 5.91 Å². The topological polar surface area (TPSA) is 38.3 Å². The average Bonchev–Trinajstić information content (AvgIpc) is 2.72. The van der Waals surface area contributed by atoms with Crippen molar-refractivity contribution in [2.24, 2.45) is 0 Å². The molecule has 3 nitrogen and oxygen atoms in total. The highest BCUT2D eigenvalue weighted by molar-refractivity contribution is 5.94. The van der Waals surface area contributed by atoms with E-state index in [1.54, 1.807) is 24.3 Å². The van der Waals surface area contributed by atoms with Crippen molar-refractivity contribution in [1.82, 2.24) is 5.32 Å². The van der Waals surface area contributed by atoms with E-state index in [0.717, 1.165) is 24.0 Å². The lowest BCUT2D eigenvalue weighted by Gasteiger charge is -2.09. The van der Waals surface area contributed by atoms with E-state index in [1.165, 1.54) is 12.1 Å². The average molecular weight is 363 g/mol. The van der Waals surface area contributed by atoms with E-state index >= 15 is 0 Å². The molecule has 0 bridgehead atoms. The van der Waals surface area contributed by atoms with Crippen molar-refractivity contribution in [3.63, 3.8) is 0 Å². The van der Waals surface area contributed by atoms with Crippen LogP contribution in [0, 0.1) is 5.82 Å². The fourth-order valence-electron chi connectivity index (χ4n) is 2.72. The normalized spacial score (nSPS) is 10.4. The predicted molar refractivity (Wildman–Crippen MR) is 104 cm³/mol. The summed E-state index contributed by atoms with van der Waals surface area (Å²) in [5, 5.41) is 2.91. The minimum absolute atomic E-state index is 0.126. The van der Waals surface area contributed by atoms with Crippen LogP contribution in [0.1, 0.15) is 27.9 Å². The van der Waals surface area contributed by atoms with E-state index in [9.17, 15) is 9.18 Å². The van der Waals surface area contributed by atoms with E-state index in [0.29, 0.717) is 24.5 Å². The largest absolute Gasteiger partial charge is 0.489 e. The quantitative estimate of drug-likeness (QED) is 0.586. The number of hydrogen-bond acceptors (Lipinski definition) is 2. The molecule has 0 aliphatic rings. The van der Waals surface area contributed by atoms with Gasteiger partial charge in [0.15, 0.2) is 0 Å². The Morgan fingerprint density at radius 1 is 0.889 bits per heavy atom. The molecule has 0 spiro atoms. The molecule has 1 N–H and O–H groups in total. The van der Waals surface area contributed by atoms with Crippen LogP contribution in [0.2, 0.25) is 0 Å². The summed E-state index contributed by atoms with van der Waals surface area (Å²) >= 11 is 0. The molecule has 0 saturated heterocycles. The molecule has 0 heterocycles. The van der Waals surface area contributed by atoms with Crippen LogP contribution in [-0.4, -0.2) is 12.5 Å². The molecule has 4 heteroatoms. The maximum Gasteiger partial charge on any atom is 0.251 e. The molecule has 0 aliphatic carbocycles. The first-order chi connectivity index (χ1) is 13.2. The summed E-state index contributed by atoms with van der Waals surface area (Å²) < 4.78 is 18.7. The number of carbonyl (C=O) groups is 1. The Morgan fingerprint density at radius 3 is 2.44 bits per heavy atom. The minimum Gasteiger partial charge on any atom is -0.489 e.